The van der Waals surface area contributed by atoms with Gasteiger partial charge in [-0.25, -0.2) is 4.98 Å². The van der Waals surface area contributed by atoms with Gasteiger partial charge in [0.1, 0.15) is 11.1 Å². The van der Waals surface area contributed by atoms with Gasteiger partial charge < -0.3 is 15.2 Å². The first-order valence-electron chi connectivity index (χ1n) is 5.55. The standard InChI is InChI=1S/C11H20N2O2S/c1-4-9(15-5-2)11-13-8(7-14-3)10(6-12)16-11/h9H,4-7,12H2,1-3H3. The summed E-state index contributed by atoms with van der Waals surface area (Å²) in [5.41, 5.74) is 6.63. The molecule has 0 amide bonds. The highest BCUT2D eigenvalue weighted by Gasteiger charge is 2.17. The molecule has 0 bridgehead atoms. The van der Waals surface area contributed by atoms with Crippen LogP contribution in [0, 0.1) is 0 Å². The summed E-state index contributed by atoms with van der Waals surface area (Å²) >= 11 is 1.63. The molecule has 4 nitrogen and oxygen atoms in total. The van der Waals surface area contributed by atoms with Crippen molar-refractivity contribution in [2.45, 2.75) is 39.5 Å². The van der Waals surface area contributed by atoms with Crippen molar-refractivity contribution in [1.29, 1.82) is 0 Å². The Kier molecular flexibility index (Phi) is 5.90. The van der Waals surface area contributed by atoms with E-state index in [0.29, 0.717) is 19.8 Å². The molecule has 1 atom stereocenters. The summed E-state index contributed by atoms with van der Waals surface area (Å²) in [4.78, 5) is 5.64. The fraction of sp³-hybridized carbons (Fsp3) is 0.727. The van der Waals surface area contributed by atoms with Gasteiger partial charge in [0.15, 0.2) is 0 Å². The SMILES string of the molecule is CCOC(CC)c1nc(COC)c(CN)s1. The number of hydrogen-bond acceptors (Lipinski definition) is 5. The number of hydrogen-bond donors (Lipinski definition) is 1. The third kappa shape index (κ3) is 3.25. The molecule has 0 aliphatic carbocycles. The molecule has 5 heteroatoms. The van der Waals surface area contributed by atoms with Crippen molar-refractivity contribution < 1.29 is 9.47 Å². The Bertz CT molecular complexity index is 315. The molecule has 0 aliphatic heterocycles. The second kappa shape index (κ2) is 6.96. The number of methoxy groups -OCH3 is 1. The van der Waals surface area contributed by atoms with E-state index in [0.717, 1.165) is 22.0 Å². The largest absolute Gasteiger partial charge is 0.378 e. The number of thiazole rings is 1. The van der Waals surface area contributed by atoms with Gasteiger partial charge in [-0.3, -0.25) is 0 Å². The summed E-state index contributed by atoms with van der Waals surface area (Å²) < 4.78 is 10.7. The van der Waals surface area contributed by atoms with Crippen molar-refractivity contribution in [2.24, 2.45) is 5.73 Å². The molecule has 0 saturated carbocycles. The van der Waals surface area contributed by atoms with E-state index in [1.807, 2.05) is 6.92 Å². The van der Waals surface area contributed by atoms with Crippen molar-refractivity contribution in [1.82, 2.24) is 4.98 Å². The first kappa shape index (κ1) is 13.6. The van der Waals surface area contributed by atoms with E-state index in [9.17, 15) is 0 Å². The van der Waals surface area contributed by atoms with Gasteiger partial charge in [0.25, 0.3) is 0 Å². The molecule has 1 aromatic heterocycles. The highest BCUT2D eigenvalue weighted by molar-refractivity contribution is 7.11. The number of nitrogens with two attached hydrogens (primary N) is 1. The van der Waals surface area contributed by atoms with Crippen LogP contribution in [0.1, 0.15) is 42.0 Å². The Morgan fingerprint density at radius 3 is 2.69 bits per heavy atom. The highest BCUT2D eigenvalue weighted by Crippen LogP contribution is 2.28. The summed E-state index contributed by atoms with van der Waals surface area (Å²) in [6.45, 7) is 5.83. The van der Waals surface area contributed by atoms with E-state index in [4.69, 9.17) is 15.2 Å². The molecule has 2 N–H and O–H groups in total. The fourth-order valence-corrected chi connectivity index (χ4v) is 2.60. The van der Waals surface area contributed by atoms with Crippen LogP contribution in [0.2, 0.25) is 0 Å². The maximum Gasteiger partial charge on any atom is 0.122 e. The number of aromatic nitrogens is 1. The molecule has 1 rings (SSSR count). The molecular formula is C11H20N2O2S. The Balaban J connectivity index is 2.86. The van der Waals surface area contributed by atoms with Crippen LogP contribution in [0.4, 0.5) is 0 Å². The predicted molar refractivity (Wildman–Crippen MR) is 65.4 cm³/mol. The van der Waals surface area contributed by atoms with Gasteiger partial charge in [0.05, 0.1) is 12.3 Å². The van der Waals surface area contributed by atoms with E-state index in [2.05, 4.69) is 11.9 Å². The number of nitrogens with zero attached hydrogens (tertiary/aromatic N) is 1. The maximum absolute atomic E-state index is 5.68. The van der Waals surface area contributed by atoms with Crippen LogP contribution >= 0.6 is 11.3 Å². The van der Waals surface area contributed by atoms with Gasteiger partial charge in [-0.2, -0.15) is 0 Å². The van der Waals surface area contributed by atoms with E-state index >= 15 is 0 Å². The van der Waals surface area contributed by atoms with Gasteiger partial charge in [0, 0.05) is 25.1 Å². The average Bonchev–Trinajstić information content (AvgIpc) is 2.69. The minimum atomic E-state index is 0.0888. The third-order valence-electron chi connectivity index (χ3n) is 2.28. The van der Waals surface area contributed by atoms with Crippen molar-refractivity contribution in [3.05, 3.63) is 15.6 Å². The minimum Gasteiger partial charge on any atom is -0.378 e. The normalized spacial score (nSPS) is 13.0. The molecule has 0 saturated heterocycles. The third-order valence-corrected chi connectivity index (χ3v) is 3.49. The van der Waals surface area contributed by atoms with Crippen molar-refractivity contribution in [2.75, 3.05) is 13.7 Å². The van der Waals surface area contributed by atoms with Crippen LogP contribution in [0.3, 0.4) is 0 Å². The monoisotopic (exact) mass is 244 g/mol. The van der Waals surface area contributed by atoms with Gasteiger partial charge in [-0.15, -0.1) is 11.3 Å². The second-order valence-corrected chi connectivity index (χ2v) is 4.53. The fourth-order valence-electron chi connectivity index (χ4n) is 1.51. The van der Waals surface area contributed by atoms with Crippen LogP contribution in [0.25, 0.3) is 0 Å². The average molecular weight is 244 g/mol. The summed E-state index contributed by atoms with van der Waals surface area (Å²) in [6, 6.07) is 0. The molecule has 0 spiro atoms. The van der Waals surface area contributed by atoms with Crippen LogP contribution in [0.15, 0.2) is 0 Å². The number of rotatable bonds is 7. The lowest BCUT2D eigenvalue weighted by atomic mass is 10.3. The zero-order valence-corrected chi connectivity index (χ0v) is 11.0. The Labute approximate surface area is 101 Å². The zero-order valence-electron chi connectivity index (χ0n) is 10.2. The molecule has 0 aliphatic rings. The van der Waals surface area contributed by atoms with Crippen molar-refractivity contribution >= 4 is 11.3 Å². The van der Waals surface area contributed by atoms with Crippen molar-refractivity contribution in [3.8, 4) is 0 Å². The molecule has 1 heterocycles. The van der Waals surface area contributed by atoms with E-state index in [1.165, 1.54) is 0 Å². The quantitative estimate of drug-likeness (QED) is 0.799. The van der Waals surface area contributed by atoms with Crippen molar-refractivity contribution in [3.63, 3.8) is 0 Å². The van der Waals surface area contributed by atoms with Gasteiger partial charge >= 0.3 is 0 Å². The molecule has 0 radical (unpaired) electrons. The van der Waals surface area contributed by atoms with E-state index in [1.54, 1.807) is 18.4 Å². The van der Waals surface area contributed by atoms with E-state index in [-0.39, 0.29) is 6.10 Å². The lowest BCUT2D eigenvalue weighted by Crippen LogP contribution is -2.03. The smallest absolute Gasteiger partial charge is 0.122 e. The summed E-state index contributed by atoms with van der Waals surface area (Å²) in [5.74, 6) is 0. The molecule has 1 unspecified atom stereocenters. The van der Waals surface area contributed by atoms with Crippen LogP contribution in [-0.4, -0.2) is 18.7 Å². The lowest BCUT2D eigenvalue weighted by molar-refractivity contribution is 0.0593. The van der Waals surface area contributed by atoms with Crippen LogP contribution < -0.4 is 5.73 Å². The zero-order chi connectivity index (χ0) is 12.0. The lowest BCUT2D eigenvalue weighted by Gasteiger charge is -2.11. The highest BCUT2D eigenvalue weighted by atomic mass is 32.1. The molecule has 0 fully saturated rings. The van der Waals surface area contributed by atoms with Crippen LogP contribution in [0.5, 0.6) is 0 Å². The second-order valence-electron chi connectivity index (χ2n) is 3.41. The Morgan fingerprint density at radius 2 is 2.19 bits per heavy atom. The first-order chi connectivity index (χ1) is 7.76. The van der Waals surface area contributed by atoms with Gasteiger partial charge in [0.2, 0.25) is 0 Å². The molecule has 1 aromatic rings. The maximum atomic E-state index is 5.68. The molecular weight excluding hydrogens is 224 g/mol. The Hall–Kier alpha value is -0.490. The molecule has 0 aromatic carbocycles. The van der Waals surface area contributed by atoms with Gasteiger partial charge in [-0.05, 0) is 13.3 Å². The Morgan fingerprint density at radius 1 is 1.44 bits per heavy atom. The van der Waals surface area contributed by atoms with Gasteiger partial charge in [-0.1, -0.05) is 6.92 Å². The van der Waals surface area contributed by atoms with E-state index < -0.39 is 0 Å². The number of ether oxygens (including phenoxy) is 2. The van der Waals surface area contributed by atoms with Crippen LogP contribution in [-0.2, 0) is 22.6 Å². The summed E-state index contributed by atoms with van der Waals surface area (Å²) in [7, 11) is 1.67. The topological polar surface area (TPSA) is 57.4 Å². The summed E-state index contributed by atoms with van der Waals surface area (Å²) in [6.07, 6.45) is 1.02. The minimum absolute atomic E-state index is 0.0888. The summed E-state index contributed by atoms with van der Waals surface area (Å²) in [5, 5.41) is 1.01. The first-order valence-corrected chi connectivity index (χ1v) is 6.37. The molecule has 16 heavy (non-hydrogen) atoms. The molecule has 92 valence electrons. The predicted octanol–water partition coefficient (Wildman–Crippen LogP) is 2.24.